The minimum Gasteiger partial charge on any atom is -0.399 e. The Labute approximate surface area is 132 Å². The van der Waals surface area contributed by atoms with E-state index in [1.807, 2.05) is 49.4 Å². The number of carbonyl (C=O) groups excluding carboxylic acids is 1. The summed E-state index contributed by atoms with van der Waals surface area (Å²) in [7, 11) is 0. The van der Waals surface area contributed by atoms with Crippen LogP contribution in [0.1, 0.15) is 24.0 Å². The highest BCUT2D eigenvalue weighted by Crippen LogP contribution is 2.49. The highest BCUT2D eigenvalue weighted by molar-refractivity contribution is 9.10. The third kappa shape index (κ3) is 2.68. The number of nitrogens with two attached hydrogens (primary N) is 1. The van der Waals surface area contributed by atoms with Crippen LogP contribution in [-0.4, -0.2) is 5.91 Å². The molecule has 1 fully saturated rings. The first-order valence-corrected chi connectivity index (χ1v) is 7.74. The lowest BCUT2D eigenvalue weighted by atomic mass is 9.94. The van der Waals surface area contributed by atoms with Crippen molar-refractivity contribution in [3.63, 3.8) is 0 Å². The van der Waals surface area contributed by atoms with Crippen LogP contribution in [0.25, 0.3) is 0 Å². The molecule has 3 nitrogen and oxygen atoms in total. The first kappa shape index (κ1) is 14.1. The first-order valence-electron chi connectivity index (χ1n) is 6.95. The summed E-state index contributed by atoms with van der Waals surface area (Å²) in [4.78, 5) is 12.7. The third-order valence-electron chi connectivity index (χ3n) is 4.02. The second-order valence-electron chi connectivity index (χ2n) is 5.64. The van der Waals surface area contributed by atoms with Crippen LogP contribution in [0.5, 0.6) is 0 Å². The van der Waals surface area contributed by atoms with Gasteiger partial charge in [-0.25, -0.2) is 0 Å². The number of amides is 1. The van der Waals surface area contributed by atoms with Crippen LogP contribution in [0, 0.1) is 6.92 Å². The summed E-state index contributed by atoms with van der Waals surface area (Å²) in [5.74, 6) is 0.0526. The Morgan fingerprint density at radius 3 is 2.43 bits per heavy atom. The van der Waals surface area contributed by atoms with Crippen molar-refractivity contribution in [3.05, 3.63) is 58.1 Å². The van der Waals surface area contributed by atoms with E-state index in [1.165, 1.54) is 0 Å². The molecule has 1 aliphatic carbocycles. The zero-order valence-electron chi connectivity index (χ0n) is 11.8. The summed E-state index contributed by atoms with van der Waals surface area (Å²) in [6.45, 7) is 2.02. The van der Waals surface area contributed by atoms with Gasteiger partial charge in [0.25, 0.3) is 0 Å². The molecule has 108 valence electrons. The summed E-state index contributed by atoms with van der Waals surface area (Å²) in [6.07, 6.45) is 1.76. The second-order valence-corrected chi connectivity index (χ2v) is 6.50. The van der Waals surface area contributed by atoms with Gasteiger partial charge in [-0.1, -0.05) is 18.2 Å². The van der Waals surface area contributed by atoms with E-state index >= 15 is 0 Å². The van der Waals surface area contributed by atoms with Crippen LogP contribution in [0.15, 0.2) is 46.9 Å². The molecule has 3 N–H and O–H groups in total. The number of aryl methyl sites for hydroxylation is 1. The van der Waals surface area contributed by atoms with Gasteiger partial charge in [0.05, 0.1) is 11.1 Å². The summed E-state index contributed by atoms with van der Waals surface area (Å²) in [5.41, 5.74) is 9.05. The Hall–Kier alpha value is -1.81. The fourth-order valence-electron chi connectivity index (χ4n) is 2.54. The van der Waals surface area contributed by atoms with Crippen LogP contribution in [0.2, 0.25) is 0 Å². The largest absolute Gasteiger partial charge is 0.399 e. The molecule has 0 saturated heterocycles. The van der Waals surface area contributed by atoms with Gasteiger partial charge in [-0.05, 0) is 71.1 Å². The average Bonchev–Trinajstić information content (AvgIpc) is 3.24. The number of carbonyl (C=O) groups is 1. The quantitative estimate of drug-likeness (QED) is 0.826. The topological polar surface area (TPSA) is 55.1 Å². The fraction of sp³-hybridized carbons (Fsp3) is 0.235. The summed E-state index contributed by atoms with van der Waals surface area (Å²) >= 11 is 3.50. The zero-order valence-corrected chi connectivity index (χ0v) is 13.4. The van der Waals surface area contributed by atoms with E-state index in [-0.39, 0.29) is 5.91 Å². The van der Waals surface area contributed by atoms with Gasteiger partial charge in [0.15, 0.2) is 0 Å². The van der Waals surface area contributed by atoms with Gasteiger partial charge < -0.3 is 11.1 Å². The maximum Gasteiger partial charge on any atom is 0.235 e. The van der Waals surface area contributed by atoms with E-state index in [4.69, 9.17) is 5.73 Å². The van der Waals surface area contributed by atoms with E-state index in [9.17, 15) is 4.79 Å². The van der Waals surface area contributed by atoms with Gasteiger partial charge in [-0.3, -0.25) is 4.79 Å². The zero-order chi connectivity index (χ0) is 15.0. The molecule has 2 aromatic carbocycles. The minimum atomic E-state index is -0.391. The van der Waals surface area contributed by atoms with Crippen molar-refractivity contribution in [3.8, 4) is 0 Å². The molecule has 0 heterocycles. The second kappa shape index (κ2) is 5.19. The summed E-state index contributed by atoms with van der Waals surface area (Å²) in [6, 6.07) is 13.5. The molecule has 0 spiro atoms. The number of anilines is 2. The van der Waals surface area contributed by atoms with E-state index in [0.717, 1.165) is 39.8 Å². The predicted octanol–water partition coefficient (Wildman–Crippen LogP) is 4.01. The summed E-state index contributed by atoms with van der Waals surface area (Å²) in [5, 5.41) is 3.04. The Balaban J connectivity index is 1.83. The van der Waals surface area contributed by atoms with Crippen molar-refractivity contribution in [2.24, 2.45) is 0 Å². The van der Waals surface area contributed by atoms with E-state index in [1.54, 1.807) is 0 Å². The van der Waals surface area contributed by atoms with E-state index in [2.05, 4.69) is 21.2 Å². The first-order chi connectivity index (χ1) is 10.0. The van der Waals surface area contributed by atoms with E-state index < -0.39 is 5.41 Å². The lowest BCUT2D eigenvalue weighted by molar-refractivity contribution is -0.118. The SMILES string of the molecule is Cc1ccc(NC(=O)C2(c3ccc(N)cc3)CC2)c(Br)c1. The number of hydrogen-bond donors (Lipinski definition) is 2. The van der Waals surface area contributed by atoms with Crippen LogP contribution in [0.3, 0.4) is 0 Å². The highest BCUT2D eigenvalue weighted by atomic mass is 79.9. The number of benzene rings is 2. The molecule has 1 saturated carbocycles. The van der Waals surface area contributed by atoms with Crippen LogP contribution < -0.4 is 11.1 Å². The Morgan fingerprint density at radius 1 is 1.19 bits per heavy atom. The van der Waals surface area contributed by atoms with Gasteiger partial charge in [-0.2, -0.15) is 0 Å². The minimum absolute atomic E-state index is 0.0526. The monoisotopic (exact) mass is 344 g/mol. The van der Waals surface area contributed by atoms with Gasteiger partial charge in [0, 0.05) is 10.2 Å². The van der Waals surface area contributed by atoms with Crippen molar-refractivity contribution in [2.45, 2.75) is 25.2 Å². The molecule has 0 atom stereocenters. The predicted molar refractivity (Wildman–Crippen MR) is 89.3 cm³/mol. The lowest BCUT2D eigenvalue weighted by Crippen LogP contribution is -2.28. The molecule has 0 radical (unpaired) electrons. The van der Waals surface area contributed by atoms with Gasteiger partial charge in [0.2, 0.25) is 5.91 Å². The molecule has 3 rings (SSSR count). The highest BCUT2D eigenvalue weighted by Gasteiger charge is 2.51. The van der Waals surface area contributed by atoms with Crippen molar-refractivity contribution >= 4 is 33.2 Å². The fourth-order valence-corrected chi connectivity index (χ4v) is 3.13. The standard InChI is InChI=1S/C17H17BrN2O/c1-11-2-7-15(14(18)10-11)20-16(21)17(8-9-17)12-3-5-13(19)6-4-12/h2-7,10H,8-9,19H2,1H3,(H,20,21). The number of halogens is 1. The van der Waals surface area contributed by atoms with Crippen molar-refractivity contribution < 1.29 is 4.79 Å². The molecule has 1 aliphatic rings. The van der Waals surface area contributed by atoms with Crippen molar-refractivity contribution in [2.75, 3.05) is 11.1 Å². The number of nitrogen functional groups attached to an aromatic ring is 1. The van der Waals surface area contributed by atoms with E-state index in [0.29, 0.717) is 0 Å². The molecule has 1 amide bonds. The number of nitrogens with one attached hydrogen (secondary N) is 1. The molecule has 0 aromatic heterocycles. The molecule has 21 heavy (non-hydrogen) atoms. The maximum absolute atomic E-state index is 12.7. The van der Waals surface area contributed by atoms with Crippen LogP contribution in [0.4, 0.5) is 11.4 Å². The third-order valence-corrected chi connectivity index (χ3v) is 4.68. The molecular weight excluding hydrogens is 328 g/mol. The smallest absolute Gasteiger partial charge is 0.235 e. The lowest BCUT2D eigenvalue weighted by Gasteiger charge is -2.17. The summed E-state index contributed by atoms with van der Waals surface area (Å²) < 4.78 is 0.906. The van der Waals surface area contributed by atoms with Gasteiger partial charge >= 0.3 is 0 Å². The maximum atomic E-state index is 12.7. The van der Waals surface area contributed by atoms with Crippen molar-refractivity contribution in [1.82, 2.24) is 0 Å². The van der Waals surface area contributed by atoms with Gasteiger partial charge in [-0.15, -0.1) is 0 Å². The Kier molecular flexibility index (Phi) is 3.49. The Bertz CT molecular complexity index is 690. The number of rotatable bonds is 3. The van der Waals surface area contributed by atoms with Crippen molar-refractivity contribution in [1.29, 1.82) is 0 Å². The molecular formula is C17H17BrN2O. The average molecular weight is 345 g/mol. The van der Waals surface area contributed by atoms with Crippen LogP contribution >= 0.6 is 15.9 Å². The number of hydrogen-bond acceptors (Lipinski definition) is 2. The molecule has 4 heteroatoms. The molecule has 0 bridgehead atoms. The normalized spacial score (nSPS) is 15.5. The Morgan fingerprint density at radius 2 is 1.86 bits per heavy atom. The van der Waals surface area contributed by atoms with Gasteiger partial charge in [0.1, 0.15) is 0 Å². The van der Waals surface area contributed by atoms with Crippen LogP contribution in [-0.2, 0) is 10.2 Å². The molecule has 2 aromatic rings. The molecule has 0 unspecified atom stereocenters. The molecule has 0 aliphatic heterocycles.